The number of sulfone groups is 2. The Kier molecular flexibility index (Phi) is 28.0. The van der Waals surface area contributed by atoms with Crippen LogP contribution in [0.1, 0.15) is 67.7 Å². The molecule has 0 saturated carbocycles. The average molecular weight is 468 g/mol. The van der Waals surface area contributed by atoms with E-state index < -0.39 is 24.9 Å². The normalized spacial score (nSPS) is 13.2. The molecule has 0 amide bonds. The summed E-state index contributed by atoms with van der Waals surface area (Å²) in [5.74, 6) is 0.766. The SMILES string of the molecule is C=CS(=O)(=O)CCC(C)C.CC.CCC(C)[N-]CCS(=O)(=O)C(C)CCO.[K+]. The fourth-order valence-electron chi connectivity index (χ4n) is 1.58. The zero-order valence-electron chi connectivity index (χ0n) is 19.3. The van der Waals surface area contributed by atoms with Crippen LogP contribution in [0.15, 0.2) is 12.0 Å². The summed E-state index contributed by atoms with van der Waals surface area (Å²) in [5, 5.41) is 13.5. The number of aliphatic hydroxyl groups excluding tert-OH is 1. The van der Waals surface area contributed by atoms with Gasteiger partial charge in [-0.1, -0.05) is 54.5 Å². The van der Waals surface area contributed by atoms with Crippen molar-refractivity contribution in [3.05, 3.63) is 17.3 Å². The Morgan fingerprint density at radius 2 is 1.50 bits per heavy atom. The molecule has 0 fully saturated rings. The first-order valence-electron chi connectivity index (χ1n) is 9.76. The Bertz CT molecular complexity index is 549. The van der Waals surface area contributed by atoms with Crippen LogP contribution in [0.25, 0.3) is 5.32 Å². The number of hydrogen-bond donors (Lipinski definition) is 1. The third-order valence-electron chi connectivity index (χ3n) is 3.79. The second-order valence-electron chi connectivity index (χ2n) is 6.57. The molecule has 0 aromatic carbocycles. The molecule has 0 heterocycles. The van der Waals surface area contributed by atoms with Crippen molar-refractivity contribution in [1.82, 2.24) is 0 Å². The summed E-state index contributed by atoms with van der Waals surface area (Å²) in [6.45, 7) is 17.1. The number of aliphatic hydroxyl groups is 1. The van der Waals surface area contributed by atoms with Crippen molar-refractivity contribution in [2.75, 3.05) is 24.7 Å². The van der Waals surface area contributed by atoms with Gasteiger partial charge in [0, 0.05) is 17.8 Å². The van der Waals surface area contributed by atoms with Crippen molar-refractivity contribution in [1.29, 1.82) is 0 Å². The van der Waals surface area contributed by atoms with E-state index in [9.17, 15) is 16.8 Å². The summed E-state index contributed by atoms with van der Waals surface area (Å²) in [6, 6.07) is 0.230. The molecular formula is C19H42KNO5S2. The van der Waals surface area contributed by atoms with Crippen molar-refractivity contribution < 1.29 is 73.3 Å². The van der Waals surface area contributed by atoms with Gasteiger partial charge in [0.25, 0.3) is 0 Å². The predicted octanol–water partition coefficient (Wildman–Crippen LogP) is 0.965. The minimum atomic E-state index is -3.08. The van der Waals surface area contributed by atoms with Crippen LogP contribution in [-0.2, 0) is 19.7 Å². The van der Waals surface area contributed by atoms with Gasteiger partial charge in [-0.15, -0.1) is 12.6 Å². The van der Waals surface area contributed by atoms with E-state index in [1.807, 2.05) is 41.5 Å². The molecule has 0 rings (SSSR count). The molecular weight excluding hydrogens is 425 g/mol. The Balaban J connectivity index is -0.000000194. The summed E-state index contributed by atoms with van der Waals surface area (Å²) < 4.78 is 44.8. The van der Waals surface area contributed by atoms with E-state index >= 15 is 0 Å². The summed E-state index contributed by atoms with van der Waals surface area (Å²) in [7, 11) is -6.03. The van der Waals surface area contributed by atoms with Crippen molar-refractivity contribution in [2.24, 2.45) is 5.92 Å². The van der Waals surface area contributed by atoms with Gasteiger partial charge in [0.15, 0.2) is 19.7 Å². The second kappa shape index (κ2) is 21.4. The van der Waals surface area contributed by atoms with Crippen LogP contribution in [0, 0.1) is 5.92 Å². The summed E-state index contributed by atoms with van der Waals surface area (Å²) >= 11 is 0. The average Bonchev–Trinajstić information content (AvgIpc) is 2.62. The van der Waals surface area contributed by atoms with E-state index in [0.717, 1.165) is 11.8 Å². The van der Waals surface area contributed by atoms with Crippen LogP contribution >= 0.6 is 0 Å². The zero-order chi connectivity index (χ0) is 22.1. The van der Waals surface area contributed by atoms with Gasteiger partial charge in [0.05, 0.1) is 11.0 Å². The molecule has 0 aromatic heterocycles. The van der Waals surface area contributed by atoms with Gasteiger partial charge in [-0.3, -0.25) is 0 Å². The van der Waals surface area contributed by atoms with E-state index in [1.54, 1.807) is 6.92 Å². The smallest absolute Gasteiger partial charge is 0.659 e. The van der Waals surface area contributed by atoms with Crippen LogP contribution in [0.3, 0.4) is 0 Å². The predicted molar refractivity (Wildman–Crippen MR) is 118 cm³/mol. The molecule has 9 heteroatoms. The molecule has 0 aliphatic heterocycles. The largest absolute Gasteiger partial charge is 1.00 e. The van der Waals surface area contributed by atoms with Crippen LogP contribution < -0.4 is 51.4 Å². The third kappa shape index (κ3) is 23.5. The number of rotatable bonds is 12. The van der Waals surface area contributed by atoms with Gasteiger partial charge in [0.2, 0.25) is 0 Å². The molecule has 0 spiro atoms. The maximum Gasteiger partial charge on any atom is 1.00 e. The fourth-order valence-corrected chi connectivity index (χ4v) is 3.77. The van der Waals surface area contributed by atoms with E-state index in [-0.39, 0.29) is 75.5 Å². The van der Waals surface area contributed by atoms with Crippen LogP contribution in [0.5, 0.6) is 0 Å². The monoisotopic (exact) mass is 467 g/mol. The molecule has 2 unspecified atom stereocenters. The van der Waals surface area contributed by atoms with Crippen LogP contribution in [0.4, 0.5) is 0 Å². The van der Waals surface area contributed by atoms with E-state index in [4.69, 9.17) is 5.11 Å². The standard InChI is InChI=1S/C10H22NO3S.C7H14O2S.C2H6.K/c1-4-9(2)11-6-8-15(13,14)10(3)5-7-12;1-4-10(8,9)6-5-7(2)3;1-2;/h9-10,12H,4-8H2,1-3H3;4,7H,1,5-6H2,2-3H3;1-2H3;/q-1;;;+1. The number of hydrogen-bond acceptors (Lipinski definition) is 5. The molecule has 0 saturated heterocycles. The first-order chi connectivity index (χ1) is 12.4. The Morgan fingerprint density at radius 1 is 1.00 bits per heavy atom. The van der Waals surface area contributed by atoms with Gasteiger partial charge in [-0.05, 0) is 25.7 Å². The maximum absolute atomic E-state index is 11.6. The Hall–Kier alpha value is 1.20. The minimum absolute atomic E-state index is 0. The van der Waals surface area contributed by atoms with Gasteiger partial charge in [0.1, 0.15) is 0 Å². The quantitative estimate of drug-likeness (QED) is 0.431. The van der Waals surface area contributed by atoms with Crippen molar-refractivity contribution in [2.45, 2.75) is 79.0 Å². The summed E-state index contributed by atoms with van der Waals surface area (Å²) in [4.78, 5) is 0. The molecule has 1 N–H and O–H groups in total. The Labute approximate surface area is 217 Å². The zero-order valence-corrected chi connectivity index (χ0v) is 24.1. The molecule has 0 radical (unpaired) electrons. The van der Waals surface area contributed by atoms with Crippen molar-refractivity contribution in [3.63, 3.8) is 0 Å². The fraction of sp³-hybridized carbons (Fsp3) is 0.895. The van der Waals surface area contributed by atoms with E-state index in [1.165, 1.54) is 0 Å². The maximum atomic E-state index is 11.6. The van der Waals surface area contributed by atoms with E-state index in [0.29, 0.717) is 25.3 Å². The van der Waals surface area contributed by atoms with Gasteiger partial charge in [-0.2, -0.15) is 0 Å². The minimum Gasteiger partial charge on any atom is -0.659 e. The topological polar surface area (TPSA) is 103 Å². The van der Waals surface area contributed by atoms with Gasteiger partial charge in [-0.25, -0.2) is 16.8 Å². The third-order valence-corrected chi connectivity index (χ3v) is 7.32. The van der Waals surface area contributed by atoms with Gasteiger partial charge < -0.3 is 10.4 Å². The molecule has 166 valence electrons. The molecule has 0 bridgehead atoms. The molecule has 0 aliphatic rings. The molecule has 0 aromatic rings. The van der Waals surface area contributed by atoms with E-state index in [2.05, 4.69) is 11.9 Å². The molecule has 6 nitrogen and oxygen atoms in total. The van der Waals surface area contributed by atoms with Crippen molar-refractivity contribution in [3.8, 4) is 0 Å². The summed E-state index contributed by atoms with van der Waals surface area (Å²) in [6.07, 6.45) is 1.96. The van der Waals surface area contributed by atoms with Gasteiger partial charge >= 0.3 is 51.4 Å². The van der Waals surface area contributed by atoms with Crippen molar-refractivity contribution >= 4 is 19.7 Å². The molecule has 2 atom stereocenters. The molecule has 28 heavy (non-hydrogen) atoms. The first kappa shape index (κ1) is 36.6. The Morgan fingerprint density at radius 3 is 1.86 bits per heavy atom. The summed E-state index contributed by atoms with van der Waals surface area (Å²) in [5.41, 5.74) is 0. The second-order valence-corrected chi connectivity index (χ2v) is 11.2. The van der Waals surface area contributed by atoms with Crippen LogP contribution in [-0.4, -0.2) is 57.9 Å². The number of nitrogens with zero attached hydrogens (tertiary/aromatic N) is 1. The molecule has 0 aliphatic carbocycles. The first-order valence-corrected chi connectivity index (χ1v) is 13.2. The van der Waals surface area contributed by atoms with Crippen LogP contribution in [0.2, 0.25) is 0 Å².